The molecule has 1 aliphatic rings. The summed E-state index contributed by atoms with van der Waals surface area (Å²) in [6.07, 6.45) is 3.56. The number of benzene rings is 1. The van der Waals surface area contributed by atoms with Gasteiger partial charge in [-0.2, -0.15) is 0 Å². The molecule has 152 valence electrons. The molecule has 0 saturated carbocycles. The number of hydrogen-bond donors (Lipinski definition) is 3. The number of rotatable bonds is 4. The molecule has 0 spiro atoms. The maximum atomic E-state index is 13.4. The summed E-state index contributed by atoms with van der Waals surface area (Å²) in [4.78, 5) is 13.1. The van der Waals surface area contributed by atoms with Crippen LogP contribution >= 0.6 is 0 Å². The van der Waals surface area contributed by atoms with E-state index < -0.39 is 27.5 Å². The molecule has 3 rings (SSSR count). The van der Waals surface area contributed by atoms with Crippen LogP contribution in [0.25, 0.3) is 0 Å². The van der Waals surface area contributed by atoms with Gasteiger partial charge in [0.1, 0.15) is 15.6 Å². The Morgan fingerprint density at radius 2 is 2.14 bits per heavy atom. The standard InChI is InChI=1S/C19H24F2N4O2S/c1-4-11(2)16-8-6-13-17(28(22,27)24-16)10-25(3)18(13)19(26)23-12-5-7-14(20)15(21)9-12/h5,7,9-11,16H,4,6,8H2,1-3H3,(H,23,26)(H2,22,24,27)/t11-,16-,28?/m0/s1. The third kappa shape index (κ3) is 3.81. The Morgan fingerprint density at radius 3 is 2.79 bits per heavy atom. The number of nitrogens with one attached hydrogen (secondary N) is 3. The monoisotopic (exact) mass is 410 g/mol. The van der Waals surface area contributed by atoms with Gasteiger partial charge in [-0.25, -0.2) is 22.5 Å². The zero-order chi connectivity index (χ0) is 20.6. The summed E-state index contributed by atoms with van der Waals surface area (Å²) in [6, 6.07) is 3.03. The molecule has 1 aliphatic heterocycles. The van der Waals surface area contributed by atoms with E-state index in [9.17, 15) is 17.8 Å². The Labute approximate surface area is 163 Å². The molecule has 28 heavy (non-hydrogen) atoms. The van der Waals surface area contributed by atoms with E-state index in [4.69, 9.17) is 4.78 Å². The van der Waals surface area contributed by atoms with E-state index in [1.165, 1.54) is 16.8 Å². The van der Waals surface area contributed by atoms with E-state index in [1.807, 2.05) is 13.8 Å². The number of anilines is 1. The SMILES string of the molecule is CC[C@H](C)[C@@H]1CCc2c(cn(C)c2C(=O)Nc2ccc(F)c(F)c2)S(=N)(=O)N1. The first-order valence-corrected chi connectivity index (χ1v) is 10.7. The van der Waals surface area contributed by atoms with E-state index in [-0.39, 0.29) is 23.3 Å². The van der Waals surface area contributed by atoms with Crippen LogP contribution in [0.5, 0.6) is 0 Å². The van der Waals surface area contributed by atoms with Crippen molar-refractivity contribution in [2.45, 2.75) is 44.0 Å². The second kappa shape index (κ2) is 7.63. The normalized spacial score (nSPS) is 23.0. The average Bonchev–Trinajstić information content (AvgIpc) is 2.92. The van der Waals surface area contributed by atoms with Gasteiger partial charge in [0.25, 0.3) is 5.91 Å². The van der Waals surface area contributed by atoms with Gasteiger partial charge >= 0.3 is 0 Å². The van der Waals surface area contributed by atoms with E-state index in [0.717, 1.165) is 18.6 Å². The molecule has 1 amide bonds. The van der Waals surface area contributed by atoms with Crippen molar-refractivity contribution in [3.63, 3.8) is 0 Å². The molecule has 1 unspecified atom stereocenters. The molecule has 9 heteroatoms. The highest BCUT2D eigenvalue weighted by molar-refractivity contribution is 7.90. The van der Waals surface area contributed by atoms with Crippen molar-refractivity contribution in [1.29, 1.82) is 4.78 Å². The first-order valence-electron chi connectivity index (χ1n) is 9.14. The van der Waals surface area contributed by atoms with Crippen LogP contribution in [0, 0.1) is 22.3 Å². The largest absolute Gasteiger partial charge is 0.345 e. The van der Waals surface area contributed by atoms with Crippen molar-refractivity contribution < 1.29 is 17.8 Å². The Hall–Kier alpha value is -2.26. The average molecular weight is 410 g/mol. The molecule has 0 saturated heterocycles. The number of nitrogens with zero attached hydrogens (tertiary/aromatic N) is 1. The highest BCUT2D eigenvalue weighted by Gasteiger charge is 2.32. The summed E-state index contributed by atoms with van der Waals surface area (Å²) >= 11 is 0. The van der Waals surface area contributed by atoms with Crippen molar-refractivity contribution >= 4 is 21.5 Å². The van der Waals surface area contributed by atoms with E-state index in [1.54, 1.807) is 7.05 Å². The van der Waals surface area contributed by atoms with Gasteiger partial charge in [-0.1, -0.05) is 20.3 Å². The van der Waals surface area contributed by atoms with Crippen LogP contribution in [0.1, 0.15) is 42.7 Å². The zero-order valence-corrected chi connectivity index (χ0v) is 16.8. The summed E-state index contributed by atoms with van der Waals surface area (Å²) in [5, 5.41) is 2.56. The Morgan fingerprint density at radius 1 is 1.43 bits per heavy atom. The zero-order valence-electron chi connectivity index (χ0n) is 16.0. The van der Waals surface area contributed by atoms with Gasteiger partial charge in [0.05, 0.1) is 4.90 Å². The number of halogens is 2. The third-order valence-electron chi connectivity index (χ3n) is 5.30. The summed E-state index contributed by atoms with van der Waals surface area (Å²) in [6.45, 7) is 4.08. The lowest BCUT2D eigenvalue weighted by Crippen LogP contribution is -2.37. The van der Waals surface area contributed by atoms with Gasteiger partial charge in [0.2, 0.25) is 0 Å². The van der Waals surface area contributed by atoms with Crippen LogP contribution in [0.2, 0.25) is 0 Å². The molecule has 3 N–H and O–H groups in total. The van der Waals surface area contributed by atoms with Crippen LogP contribution in [0.3, 0.4) is 0 Å². The van der Waals surface area contributed by atoms with Gasteiger partial charge in [0, 0.05) is 36.6 Å². The van der Waals surface area contributed by atoms with Crippen molar-refractivity contribution in [1.82, 2.24) is 9.29 Å². The lowest BCUT2D eigenvalue weighted by Gasteiger charge is -2.22. The molecular formula is C19H24F2N4O2S. The second-order valence-corrected chi connectivity index (χ2v) is 9.01. The topological polar surface area (TPSA) is 87.0 Å². The molecule has 0 radical (unpaired) electrons. The predicted octanol–water partition coefficient (Wildman–Crippen LogP) is 3.83. The van der Waals surface area contributed by atoms with Crippen LogP contribution in [-0.2, 0) is 23.4 Å². The maximum absolute atomic E-state index is 13.4. The van der Waals surface area contributed by atoms with Crippen molar-refractivity contribution in [3.8, 4) is 0 Å². The molecular weight excluding hydrogens is 386 g/mol. The van der Waals surface area contributed by atoms with Gasteiger partial charge in [-0.3, -0.25) is 4.79 Å². The molecule has 1 aromatic heterocycles. The van der Waals surface area contributed by atoms with Crippen molar-refractivity contribution in [2.24, 2.45) is 13.0 Å². The van der Waals surface area contributed by atoms with Gasteiger partial charge in [0.15, 0.2) is 11.6 Å². The van der Waals surface area contributed by atoms with Gasteiger partial charge in [-0.05, 0) is 30.9 Å². The molecule has 0 fully saturated rings. The predicted molar refractivity (Wildman–Crippen MR) is 104 cm³/mol. The van der Waals surface area contributed by atoms with E-state index in [2.05, 4.69) is 10.0 Å². The third-order valence-corrected chi connectivity index (χ3v) is 6.91. The molecule has 6 nitrogen and oxygen atoms in total. The fourth-order valence-corrected chi connectivity index (χ4v) is 5.28. The Balaban J connectivity index is 1.96. The molecule has 3 atom stereocenters. The quantitative estimate of drug-likeness (QED) is 0.715. The van der Waals surface area contributed by atoms with Gasteiger partial charge < -0.3 is 9.88 Å². The van der Waals surface area contributed by atoms with Crippen molar-refractivity contribution in [3.05, 3.63) is 47.3 Å². The molecule has 2 aromatic rings. The first-order chi connectivity index (χ1) is 13.1. The van der Waals surface area contributed by atoms with Crippen molar-refractivity contribution in [2.75, 3.05) is 5.32 Å². The minimum atomic E-state index is -3.26. The second-order valence-electron chi connectivity index (χ2n) is 7.22. The summed E-state index contributed by atoms with van der Waals surface area (Å²) in [5.74, 6) is -2.34. The van der Waals surface area contributed by atoms with E-state index >= 15 is 0 Å². The molecule has 1 aromatic carbocycles. The van der Waals surface area contributed by atoms with Crippen LogP contribution in [0.4, 0.5) is 14.5 Å². The smallest absolute Gasteiger partial charge is 0.272 e. The van der Waals surface area contributed by atoms with Gasteiger partial charge in [-0.15, -0.1) is 0 Å². The lowest BCUT2D eigenvalue weighted by atomic mass is 9.94. The molecule has 2 heterocycles. The number of aryl methyl sites for hydroxylation is 1. The molecule has 0 aliphatic carbocycles. The first kappa shape index (κ1) is 20.5. The van der Waals surface area contributed by atoms with Crippen LogP contribution in [-0.4, -0.2) is 20.7 Å². The Bertz CT molecular complexity index is 1020. The number of carbonyl (C=O) groups is 1. The number of aromatic nitrogens is 1. The number of fused-ring (bicyclic) bond motifs is 1. The highest BCUT2D eigenvalue weighted by atomic mass is 32.2. The van der Waals surface area contributed by atoms with E-state index in [0.29, 0.717) is 23.3 Å². The number of hydrogen-bond acceptors (Lipinski definition) is 3. The summed E-state index contributed by atoms with van der Waals surface area (Å²) in [7, 11) is -1.63. The van der Waals surface area contributed by atoms with Crippen LogP contribution < -0.4 is 10.0 Å². The number of amides is 1. The fourth-order valence-electron chi connectivity index (χ4n) is 3.52. The maximum Gasteiger partial charge on any atom is 0.272 e. The highest BCUT2D eigenvalue weighted by Crippen LogP contribution is 2.30. The summed E-state index contributed by atoms with van der Waals surface area (Å²) < 4.78 is 52.4. The lowest BCUT2D eigenvalue weighted by molar-refractivity contribution is 0.101. The Kier molecular flexibility index (Phi) is 5.58. The van der Waals surface area contributed by atoms with Crippen LogP contribution in [0.15, 0.2) is 29.3 Å². The summed E-state index contributed by atoms with van der Waals surface area (Å²) in [5.41, 5.74) is 0.946. The fraction of sp³-hybridized carbons (Fsp3) is 0.421. The minimum Gasteiger partial charge on any atom is -0.345 e. The number of carbonyl (C=O) groups excluding carboxylic acids is 1. The minimum absolute atomic E-state index is 0.0881. The molecule has 0 bridgehead atoms.